The first kappa shape index (κ1) is 12.5. The Kier molecular flexibility index (Phi) is 4.62. The standard InChI is InChI=1S/C13H19ClO/c1-9(2)4-7-13(15)11-6-5-10(3)12(14)8-11/h5-6,8-9,13,15H,4,7H2,1-3H3. The first-order chi connectivity index (χ1) is 7.00. The lowest BCUT2D eigenvalue weighted by Crippen LogP contribution is -2.00. The molecule has 0 aliphatic heterocycles. The van der Waals surface area contributed by atoms with Crippen LogP contribution in [0.25, 0.3) is 0 Å². The molecule has 1 N–H and O–H groups in total. The number of benzene rings is 1. The van der Waals surface area contributed by atoms with Gasteiger partial charge in [-0.15, -0.1) is 0 Å². The van der Waals surface area contributed by atoms with Crippen LogP contribution in [0.1, 0.15) is 43.9 Å². The van der Waals surface area contributed by atoms with Crippen LogP contribution in [0.3, 0.4) is 0 Å². The van der Waals surface area contributed by atoms with E-state index in [2.05, 4.69) is 13.8 Å². The lowest BCUT2D eigenvalue weighted by atomic mass is 9.99. The van der Waals surface area contributed by atoms with Crippen molar-refractivity contribution in [3.8, 4) is 0 Å². The lowest BCUT2D eigenvalue weighted by Gasteiger charge is -2.13. The summed E-state index contributed by atoms with van der Waals surface area (Å²) in [5.74, 6) is 0.626. The Bertz CT molecular complexity index is 320. The van der Waals surface area contributed by atoms with Crippen molar-refractivity contribution < 1.29 is 5.11 Å². The number of aryl methyl sites for hydroxylation is 1. The third-order valence-electron chi connectivity index (χ3n) is 2.60. The molecule has 2 heteroatoms. The zero-order valence-corrected chi connectivity index (χ0v) is 10.4. The van der Waals surface area contributed by atoms with Gasteiger partial charge in [-0.25, -0.2) is 0 Å². The second kappa shape index (κ2) is 5.53. The minimum atomic E-state index is -0.384. The molecule has 0 aliphatic carbocycles. The topological polar surface area (TPSA) is 20.2 Å². The number of hydrogen-bond acceptors (Lipinski definition) is 1. The molecule has 1 atom stereocenters. The van der Waals surface area contributed by atoms with Crippen LogP contribution >= 0.6 is 11.6 Å². The van der Waals surface area contributed by atoms with E-state index >= 15 is 0 Å². The Morgan fingerprint density at radius 3 is 2.47 bits per heavy atom. The van der Waals surface area contributed by atoms with Gasteiger partial charge in [0, 0.05) is 5.02 Å². The van der Waals surface area contributed by atoms with Crippen LogP contribution in [0.4, 0.5) is 0 Å². The largest absolute Gasteiger partial charge is 0.388 e. The lowest BCUT2D eigenvalue weighted by molar-refractivity contribution is 0.159. The molecule has 0 spiro atoms. The molecule has 1 aromatic rings. The van der Waals surface area contributed by atoms with E-state index < -0.39 is 0 Å². The van der Waals surface area contributed by atoms with Gasteiger partial charge >= 0.3 is 0 Å². The average Bonchev–Trinajstić information content (AvgIpc) is 2.18. The fourth-order valence-corrected chi connectivity index (χ4v) is 1.66. The minimum Gasteiger partial charge on any atom is -0.388 e. The average molecular weight is 227 g/mol. The first-order valence-electron chi connectivity index (χ1n) is 5.45. The molecule has 1 unspecified atom stereocenters. The van der Waals surface area contributed by atoms with Gasteiger partial charge in [-0.1, -0.05) is 37.6 Å². The summed E-state index contributed by atoms with van der Waals surface area (Å²) in [7, 11) is 0. The molecule has 0 heterocycles. The molecule has 0 saturated heterocycles. The molecule has 1 rings (SSSR count). The van der Waals surface area contributed by atoms with Crippen molar-refractivity contribution >= 4 is 11.6 Å². The summed E-state index contributed by atoms with van der Waals surface area (Å²) in [6, 6.07) is 5.77. The highest BCUT2D eigenvalue weighted by Gasteiger charge is 2.09. The van der Waals surface area contributed by atoms with Gasteiger partial charge in [-0.3, -0.25) is 0 Å². The van der Waals surface area contributed by atoms with Gasteiger partial charge in [0.1, 0.15) is 0 Å². The van der Waals surface area contributed by atoms with Crippen molar-refractivity contribution in [2.75, 3.05) is 0 Å². The fourth-order valence-electron chi connectivity index (χ4n) is 1.47. The Morgan fingerprint density at radius 1 is 1.27 bits per heavy atom. The quantitative estimate of drug-likeness (QED) is 0.819. The molecule has 0 fully saturated rings. The third kappa shape index (κ3) is 3.84. The van der Waals surface area contributed by atoms with Crippen molar-refractivity contribution in [2.45, 2.75) is 39.7 Å². The van der Waals surface area contributed by atoms with Gasteiger partial charge in [0.2, 0.25) is 0 Å². The van der Waals surface area contributed by atoms with Gasteiger partial charge in [-0.05, 0) is 42.9 Å². The third-order valence-corrected chi connectivity index (χ3v) is 3.01. The summed E-state index contributed by atoms with van der Waals surface area (Å²) in [6.45, 7) is 6.29. The molecule has 0 radical (unpaired) electrons. The van der Waals surface area contributed by atoms with Gasteiger partial charge in [0.25, 0.3) is 0 Å². The van der Waals surface area contributed by atoms with Crippen LogP contribution in [-0.4, -0.2) is 5.11 Å². The summed E-state index contributed by atoms with van der Waals surface area (Å²) >= 11 is 6.01. The van der Waals surface area contributed by atoms with Crippen LogP contribution in [-0.2, 0) is 0 Å². The number of halogens is 1. The van der Waals surface area contributed by atoms with Crippen molar-refractivity contribution in [3.63, 3.8) is 0 Å². The first-order valence-corrected chi connectivity index (χ1v) is 5.82. The van der Waals surface area contributed by atoms with Crippen molar-refractivity contribution in [2.24, 2.45) is 5.92 Å². The Balaban J connectivity index is 2.65. The smallest absolute Gasteiger partial charge is 0.0790 e. The zero-order valence-electron chi connectivity index (χ0n) is 9.63. The molecule has 0 aliphatic rings. The second-order valence-electron chi connectivity index (χ2n) is 4.50. The van der Waals surface area contributed by atoms with E-state index in [-0.39, 0.29) is 6.10 Å². The fraction of sp³-hybridized carbons (Fsp3) is 0.538. The van der Waals surface area contributed by atoms with E-state index in [1.54, 1.807) is 0 Å². The summed E-state index contributed by atoms with van der Waals surface area (Å²) in [6.07, 6.45) is 1.45. The van der Waals surface area contributed by atoms with Gasteiger partial charge in [0.05, 0.1) is 6.10 Å². The minimum absolute atomic E-state index is 0.384. The van der Waals surface area contributed by atoms with E-state index in [0.717, 1.165) is 29.0 Å². The molecule has 1 nitrogen and oxygen atoms in total. The summed E-state index contributed by atoms with van der Waals surface area (Å²) in [5.41, 5.74) is 1.97. The zero-order chi connectivity index (χ0) is 11.4. The molecular weight excluding hydrogens is 208 g/mol. The van der Waals surface area contributed by atoms with Gasteiger partial charge in [-0.2, -0.15) is 0 Å². The van der Waals surface area contributed by atoms with E-state index in [0.29, 0.717) is 5.92 Å². The molecule has 0 bridgehead atoms. The normalized spacial score (nSPS) is 13.2. The SMILES string of the molecule is Cc1ccc(C(O)CCC(C)C)cc1Cl. The van der Waals surface area contributed by atoms with Crippen LogP contribution in [0.2, 0.25) is 5.02 Å². The highest BCUT2D eigenvalue weighted by Crippen LogP contribution is 2.25. The maximum Gasteiger partial charge on any atom is 0.0790 e. The predicted molar refractivity (Wildman–Crippen MR) is 65.2 cm³/mol. The number of aliphatic hydroxyl groups is 1. The van der Waals surface area contributed by atoms with Gasteiger partial charge in [0.15, 0.2) is 0 Å². The van der Waals surface area contributed by atoms with Crippen LogP contribution in [0.5, 0.6) is 0 Å². The molecule has 0 aromatic heterocycles. The maximum absolute atomic E-state index is 9.93. The predicted octanol–water partition coefficient (Wildman–Crippen LogP) is 4.12. The summed E-state index contributed by atoms with van der Waals surface area (Å²) in [4.78, 5) is 0. The number of rotatable bonds is 4. The number of hydrogen-bond donors (Lipinski definition) is 1. The monoisotopic (exact) mass is 226 g/mol. The van der Waals surface area contributed by atoms with E-state index in [1.165, 1.54) is 0 Å². The van der Waals surface area contributed by atoms with E-state index in [4.69, 9.17) is 11.6 Å². The highest BCUT2D eigenvalue weighted by atomic mass is 35.5. The molecular formula is C13H19ClO. The summed E-state index contributed by atoms with van der Waals surface area (Å²) in [5, 5.41) is 10.7. The maximum atomic E-state index is 9.93. The molecule has 1 aromatic carbocycles. The molecule has 0 saturated carbocycles. The summed E-state index contributed by atoms with van der Waals surface area (Å²) < 4.78 is 0. The Morgan fingerprint density at radius 2 is 1.93 bits per heavy atom. The highest BCUT2D eigenvalue weighted by molar-refractivity contribution is 6.31. The molecule has 0 amide bonds. The Hall–Kier alpha value is -0.530. The molecule has 15 heavy (non-hydrogen) atoms. The number of aliphatic hydroxyl groups excluding tert-OH is 1. The Labute approximate surface area is 97.1 Å². The second-order valence-corrected chi connectivity index (χ2v) is 4.90. The van der Waals surface area contributed by atoms with Crippen LogP contribution in [0.15, 0.2) is 18.2 Å². The van der Waals surface area contributed by atoms with Crippen molar-refractivity contribution in [1.29, 1.82) is 0 Å². The van der Waals surface area contributed by atoms with Gasteiger partial charge < -0.3 is 5.11 Å². The van der Waals surface area contributed by atoms with Crippen LogP contribution < -0.4 is 0 Å². The van der Waals surface area contributed by atoms with Crippen molar-refractivity contribution in [1.82, 2.24) is 0 Å². The van der Waals surface area contributed by atoms with E-state index in [9.17, 15) is 5.11 Å². The van der Waals surface area contributed by atoms with Crippen LogP contribution in [0, 0.1) is 12.8 Å². The van der Waals surface area contributed by atoms with E-state index in [1.807, 2.05) is 25.1 Å². The van der Waals surface area contributed by atoms with Crippen molar-refractivity contribution in [3.05, 3.63) is 34.3 Å². The molecule has 84 valence electrons.